The van der Waals surface area contributed by atoms with Gasteiger partial charge in [0.1, 0.15) is 31.1 Å². The van der Waals surface area contributed by atoms with Crippen LogP contribution in [-0.2, 0) is 64.2 Å². The van der Waals surface area contributed by atoms with Crippen LogP contribution in [0.3, 0.4) is 0 Å². The third-order valence-electron chi connectivity index (χ3n) is 13.3. The highest BCUT2D eigenvalue weighted by Gasteiger charge is 2.39. The number of esters is 1. The quantitative estimate of drug-likeness (QED) is 0.0329. The summed E-state index contributed by atoms with van der Waals surface area (Å²) in [6.07, 6.45) is 5.87. The molecule has 4 atom stereocenters. The summed E-state index contributed by atoms with van der Waals surface area (Å²) in [5, 5.41) is 11.6. The molecule has 0 bridgehead atoms. The Kier molecular flexibility index (Phi) is 16.1. The van der Waals surface area contributed by atoms with Gasteiger partial charge in [-0.25, -0.2) is 0 Å². The van der Waals surface area contributed by atoms with Gasteiger partial charge < -0.3 is 49.9 Å². The third kappa shape index (κ3) is 11.6. The van der Waals surface area contributed by atoms with Crippen molar-refractivity contribution in [3.8, 4) is 11.5 Å². The fourth-order valence-corrected chi connectivity index (χ4v) is 9.40. The van der Waals surface area contributed by atoms with Crippen molar-refractivity contribution < 1.29 is 52.5 Å². The predicted molar refractivity (Wildman–Crippen MR) is 279 cm³/mol. The number of methoxy groups -OCH3 is 3. The number of unbranched alkanes of at least 4 members (excludes halogenated alkanes) is 1. The molecule has 5 amide bonds. The second kappa shape index (κ2) is 23.0. The molecule has 4 aromatic carbocycles. The van der Waals surface area contributed by atoms with E-state index in [2.05, 4.69) is 37.6 Å². The molecule has 0 aliphatic carbocycles. The number of nitrogens with one attached hydrogen (secondary N) is 4. The van der Waals surface area contributed by atoms with E-state index in [0.29, 0.717) is 71.1 Å². The number of nitrogens with zero attached hydrogens (tertiary/aromatic N) is 3. The number of anilines is 4. The minimum Gasteiger partial charge on any atom is -0.493 e. The number of hydrogen-bond donors (Lipinski definition) is 4. The molecule has 0 aromatic heterocycles. The monoisotopic (exact) mass is 1010 g/mol. The van der Waals surface area contributed by atoms with Gasteiger partial charge >= 0.3 is 5.97 Å². The molecule has 386 valence electrons. The van der Waals surface area contributed by atoms with Crippen molar-refractivity contribution in [1.82, 2.24) is 10.6 Å². The Morgan fingerprint density at radius 2 is 1.47 bits per heavy atom. The van der Waals surface area contributed by atoms with Gasteiger partial charge in [0.15, 0.2) is 17.3 Å². The van der Waals surface area contributed by atoms with Gasteiger partial charge in [0, 0.05) is 55.2 Å². The molecule has 0 fully saturated rings. The van der Waals surface area contributed by atoms with Crippen LogP contribution in [0.25, 0.3) is 0 Å². The fraction of sp³-hybridized carbons (Fsp3) is 0.339. The van der Waals surface area contributed by atoms with Crippen LogP contribution < -0.4 is 40.5 Å². The molecule has 0 spiro atoms. The number of aliphatic imine (C=N–C) groups is 1. The summed E-state index contributed by atoms with van der Waals surface area (Å²) in [7, 11) is 4.28. The first-order valence-electron chi connectivity index (χ1n) is 24.5. The Balaban J connectivity index is 1.00. The van der Waals surface area contributed by atoms with Gasteiger partial charge in [0.2, 0.25) is 17.7 Å². The van der Waals surface area contributed by atoms with E-state index in [9.17, 15) is 28.8 Å². The minimum atomic E-state index is -1.03. The van der Waals surface area contributed by atoms with Crippen molar-refractivity contribution in [2.45, 2.75) is 96.7 Å². The molecule has 74 heavy (non-hydrogen) atoms. The number of rotatable bonds is 19. The van der Waals surface area contributed by atoms with Crippen molar-refractivity contribution in [3.05, 3.63) is 142 Å². The molecular weight excluding hydrogens is 947 g/mol. The van der Waals surface area contributed by atoms with Crippen LogP contribution in [0.5, 0.6) is 11.5 Å². The highest BCUT2D eigenvalue weighted by molar-refractivity contribution is 6.14. The zero-order valence-corrected chi connectivity index (χ0v) is 42.4. The Morgan fingerprint density at radius 3 is 2.19 bits per heavy atom. The lowest BCUT2D eigenvalue weighted by Crippen LogP contribution is -2.50. The van der Waals surface area contributed by atoms with Gasteiger partial charge in [-0.15, -0.1) is 0 Å². The van der Waals surface area contributed by atoms with E-state index in [1.807, 2.05) is 59.5 Å². The molecule has 2 unspecified atom stereocenters. The van der Waals surface area contributed by atoms with E-state index in [4.69, 9.17) is 18.9 Å². The summed E-state index contributed by atoms with van der Waals surface area (Å²) in [5.74, 6) is -0.926. The molecule has 4 N–H and O–H groups in total. The second-order valence-electron chi connectivity index (χ2n) is 18.5. The lowest BCUT2D eigenvalue weighted by Gasteiger charge is -2.22. The van der Waals surface area contributed by atoms with E-state index >= 15 is 0 Å². The summed E-state index contributed by atoms with van der Waals surface area (Å²) in [6.45, 7) is 9.32. The predicted octanol–water partition coefficient (Wildman–Crippen LogP) is 6.83. The maximum Gasteiger partial charge on any atom is 0.305 e. The van der Waals surface area contributed by atoms with Crippen molar-refractivity contribution in [1.29, 1.82) is 0 Å². The molecule has 0 radical (unpaired) electrons. The number of amides is 5. The van der Waals surface area contributed by atoms with Gasteiger partial charge in [0.25, 0.3) is 11.8 Å². The first-order valence-corrected chi connectivity index (χ1v) is 24.5. The maximum absolute atomic E-state index is 14.1. The molecule has 0 saturated carbocycles. The van der Waals surface area contributed by atoms with Crippen molar-refractivity contribution in [2.24, 2.45) is 4.99 Å². The Labute approximate surface area is 429 Å². The van der Waals surface area contributed by atoms with Crippen LogP contribution in [0.4, 0.5) is 22.7 Å². The molecule has 18 nitrogen and oxygen atoms in total. The van der Waals surface area contributed by atoms with Gasteiger partial charge in [-0.3, -0.25) is 38.7 Å². The summed E-state index contributed by atoms with van der Waals surface area (Å²) >= 11 is 0. The normalized spacial score (nSPS) is 17.9. The molecule has 4 heterocycles. The number of hydrogen-bond acceptors (Lipinski definition) is 13. The van der Waals surface area contributed by atoms with Crippen LogP contribution in [0, 0.1) is 0 Å². The highest BCUT2D eigenvalue weighted by Crippen LogP contribution is 2.41. The highest BCUT2D eigenvalue weighted by atomic mass is 16.5. The molecular formula is C56H61N7O11. The number of ether oxygens (including phenoxy) is 5. The standard InChI is InChI=1S/C56H61N7O11/c1-32-43(55(68)62-41(28-57-32)23-38-14-8-10-16-46(38)62)25-48(70-5)35(4)73-30-36-20-37(22-40(21-36)61-54(67)34(3)60-53(66)33(2)59-51(64)18-12-13-19-52(65)72-7)31-74-50-27-45-44(26-49(50)71-6)56(69)63-42(29-58-45)24-39-15-9-11-17-47(39)63/h8-11,14-17,20-22,25-28,33-34,41-42,58H,1,12-13,18-19,23-24,29-31H2,2-7H3,(H,59,64)(H,60,66)(H,61,67)/b43-25+,48-35-/t33?,34?,41-,42-/m0/s1. The summed E-state index contributed by atoms with van der Waals surface area (Å²) in [6, 6.07) is 22.1. The summed E-state index contributed by atoms with van der Waals surface area (Å²) in [4.78, 5) is 87.1. The molecule has 0 saturated heterocycles. The Hall–Kier alpha value is -8.41. The maximum atomic E-state index is 14.1. The fourth-order valence-electron chi connectivity index (χ4n) is 9.40. The number of benzene rings is 4. The zero-order chi connectivity index (χ0) is 52.6. The number of para-hydroxylation sites is 2. The largest absolute Gasteiger partial charge is 0.493 e. The number of carbonyl (C=O) groups excluding carboxylic acids is 6. The lowest BCUT2D eigenvalue weighted by molar-refractivity contribution is -0.140. The third-order valence-corrected chi connectivity index (χ3v) is 13.3. The molecule has 4 aromatic rings. The molecule has 4 aliphatic rings. The molecule has 8 rings (SSSR count). The van der Waals surface area contributed by atoms with E-state index in [1.54, 1.807) is 48.4 Å². The lowest BCUT2D eigenvalue weighted by atomic mass is 10.1. The number of fused-ring (bicyclic) bond motifs is 7. The van der Waals surface area contributed by atoms with Gasteiger partial charge in [-0.05, 0) is 105 Å². The van der Waals surface area contributed by atoms with Crippen LogP contribution in [0.1, 0.15) is 79.1 Å². The van der Waals surface area contributed by atoms with Crippen molar-refractivity contribution >= 4 is 64.5 Å². The number of carbonyl (C=O) groups is 6. The average molecular weight is 1010 g/mol. The number of allylic oxidation sites excluding steroid dienone is 2. The molecule has 4 aliphatic heterocycles. The molecule has 18 heteroatoms. The Bertz CT molecular complexity index is 2980. The zero-order valence-electron chi connectivity index (χ0n) is 42.4. The van der Waals surface area contributed by atoms with E-state index in [1.165, 1.54) is 35.2 Å². The van der Waals surface area contributed by atoms with Crippen LogP contribution in [-0.4, -0.2) is 93.8 Å². The first kappa shape index (κ1) is 51.9. The minimum absolute atomic E-state index is 0.0102. The smallest absolute Gasteiger partial charge is 0.305 e. The van der Waals surface area contributed by atoms with Gasteiger partial charge in [-0.1, -0.05) is 43.0 Å². The first-order chi connectivity index (χ1) is 35.6. The SMILES string of the molecule is C=C1N=C[C@@H]2Cc3ccccc3N2C(=O)/C1=C/C(OC)=C(\C)OCc1cc(COc2cc3c(cc2OC)C(=O)N2c4ccccc4C[C@H]2CN3)cc(NC(=O)C(C)NC(=O)C(C)NC(=O)CCCCC(=O)OC)c1. The topological polar surface area (TPSA) is 216 Å². The van der Waals surface area contributed by atoms with Crippen LogP contribution in [0.15, 0.2) is 119 Å². The summed E-state index contributed by atoms with van der Waals surface area (Å²) in [5.41, 5.74) is 7.04. The van der Waals surface area contributed by atoms with Crippen LogP contribution >= 0.6 is 0 Å². The van der Waals surface area contributed by atoms with Gasteiger partial charge in [0.05, 0.1) is 55.9 Å². The van der Waals surface area contributed by atoms with E-state index < -0.39 is 23.9 Å². The Morgan fingerprint density at radius 1 is 0.797 bits per heavy atom. The van der Waals surface area contributed by atoms with Crippen LogP contribution in [0.2, 0.25) is 0 Å². The van der Waals surface area contributed by atoms with E-state index in [0.717, 1.165) is 28.9 Å². The van der Waals surface area contributed by atoms with E-state index in [-0.39, 0.29) is 78.9 Å². The second-order valence-corrected chi connectivity index (χ2v) is 18.5. The van der Waals surface area contributed by atoms with Crippen molar-refractivity contribution in [2.75, 3.05) is 48.3 Å². The van der Waals surface area contributed by atoms with Crippen molar-refractivity contribution in [3.63, 3.8) is 0 Å². The summed E-state index contributed by atoms with van der Waals surface area (Å²) < 4.78 is 28.9. The average Bonchev–Trinajstić information content (AvgIpc) is 3.90. The van der Waals surface area contributed by atoms with Gasteiger partial charge in [-0.2, -0.15) is 0 Å².